The zero-order chi connectivity index (χ0) is 27.5. The Hall–Kier alpha value is -3.74. The van der Waals surface area contributed by atoms with Crippen LogP contribution in [-0.2, 0) is 17.4 Å². The highest BCUT2D eigenvalue weighted by molar-refractivity contribution is 6.32. The van der Waals surface area contributed by atoms with Gasteiger partial charge in [0.15, 0.2) is 5.82 Å². The molecular weight excluding hydrogens is 540 g/mol. The van der Waals surface area contributed by atoms with E-state index < -0.39 is 30.2 Å². The number of halogens is 7. The molecule has 0 radical (unpaired) electrons. The van der Waals surface area contributed by atoms with Crippen LogP contribution in [-0.4, -0.2) is 41.7 Å². The minimum absolute atomic E-state index is 0.00388. The average molecular weight is 560 g/mol. The molecule has 0 bridgehead atoms. The van der Waals surface area contributed by atoms with Crippen molar-refractivity contribution < 1.29 is 35.9 Å². The Labute approximate surface area is 217 Å². The molecule has 0 saturated heterocycles. The number of amides is 1. The van der Waals surface area contributed by atoms with Gasteiger partial charge in [-0.15, -0.1) is 0 Å². The van der Waals surface area contributed by atoms with E-state index in [1.807, 2.05) is 4.90 Å². The first-order chi connectivity index (χ1) is 17.9. The lowest BCUT2D eigenvalue weighted by molar-refractivity contribution is -0.153. The molecule has 4 rings (SSSR count). The number of carbonyl (C=O) groups is 1. The minimum atomic E-state index is -4.58. The summed E-state index contributed by atoms with van der Waals surface area (Å²) in [6.07, 6.45) is -8.70. The highest BCUT2D eigenvalue weighted by Gasteiger charge is 2.32. The topological polar surface area (TPSA) is 79.4 Å². The normalized spacial score (nSPS) is 13.3. The number of benzene rings is 2. The van der Waals surface area contributed by atoms with E-state index in [1.165, 1.54) is 30.6 Å². The first kappa shape index (κ1) is 27.3. The van der Waals surface area contributed by atoms with Crippen LogP contribution in [0.3, 0.4) is 0 Å². The first-order valence-electron chi connectivity index (χ1n) is 11.2. The van der Waals surface area contributed by atoms with Crippen molar-refractivity contribution in [2.75, 3.05) is 29.9 Å². The van der Waals surface area contributed by atoms with Crippen LogP contribution in [0.1, 0.15) is 17.7 Å². The Morgan fingerprint density at radius 1 is 1.08 bits per heavy atom. The SMILES string of the molecule is O=C(CC(F)(F)F)NCCN1CCc2ncnc(Nc3ccc(Oc4cccc(C(F)(F)F)c4)c(Cl)c3)c21. The Bertz CT molecular complexity index is 1320. The summed E-state index contributed by atoms with van der Waals surface area (Å²) in [5.41, 5.74) is 1.00. The second-order valence-corrected chi connectivity index (χ2v) is 8.70. The molecule has 38 heavy (non-hydrogen) atoms. The van der Waals surface area contributed by atoms with Gasteiger partial charge in [0.1, 0.15) is 29.9 Å². The second kappa shape index (κ2) is 10.9. The van der Waals surface area contributed by atoms with Gasteiger partial charge < -0.3 is 20.3 Å². The molecule has 0 aliphatic carbocycles. The predicted molar refractivity (Wildman–Crippen MR) is 128 cm³/mol. The average Bonchev–Trinajstić information content (AvgIpc) is 3.23. The molecule has 1 amide bonds. The summed E-state index contributed by atoms with van der Waals surface area (Å²) in [5.74, 6) is -0.590. The number of anilines is 3. The van der Waals surface area contributed by atoms with Crippen LogP contribution >= 0.6 is 11.6 Å². The third-order valence-corrected chi connectivity index (χ3v) is 5.78. The van der Waals surface area contributed by atoms with E-state index in [2.05, 4.69) is 20.6 Å². The van der Waals surface area contributed by atoms with Crippen molar-refractivity contribution in [2.45, 2.75) is 25.2 Å². The van der Waals surface area contributed by atoms with Crippen molar-refractivity contribution in [2.24, 2.45) is 0 Å². The lowest BCUT2D eigenvalue weighted by Crippen LogP contribution is -2.36. The largest absolute Gasteiger partial charge is 0.456 e. The van der Waals surface area contributed by atoms with E-state index in [-0.39, 0.29) is 29.6 Å². The zero-order valence-electron chi connectivity index (χ0n) is 19.5. The van der Waals surface area contributed by atoms with Gasteiger partial charge in [-0.1, -0.05) is 17.7 Å². The Kier molecular flexibility index (Phi) is 7.86. The van der Waals surface area contributed by atoms with Crippen LogP contribution in [0.15, 0.2) is 48.8 Å². The number of aromatic nitrogens is 2. The maximum Gasteiger partial charge on any atom is 0.416 e. The molecule has 202 valence electrons. The standard InChI is InChI=1S/C24H20ClF6N5O2/c25-17-11-15(4-5-19(17)38-16-3-1-2-14(10-16)24(29,30)31)35-22-21-18(33-13-34-22)6-8-36(21)9-7-32-20(37)12-23(26,27)28/h1-5,10-11,13H,6-9,12H2,(H,32,37)(H,33,34,35). The van der Waals surface area contributed by atoms with Gasteiger partial charge in [-0.2, -0.15) is 26.3 Å². The van der Waals surface area contributed by atoms with Crippen molar-refractivity contribution in [3.05, 3.63) is 65.1 Å². The van der Waals surface area contributed by atoms with Crippen molar-refractivity contribution in [3.8, 4) is 11.5 Å². The van der Waals surface area contributed by atoms with Crippen molar-refractivity contribution in [1.82, 2.24) is 15.3 Å². The molecule has 2 aromatic carbocycles. The van der Waals surface area contributed by atoms with Crippen LogP contribution in [0.25, 0.3) is 0 Å². The van der Waals surface area contributed by atoms with E-state index in [9.17, 15) is 31.1 Å². The van der Waals surface area contributed by atoms with E-state index in [4.69, 9.17) is 16.3 Å². The lowest BCUT2D eigenvalue weighted by atomic mass is 10.2. The van der Waals surface area contributed by atoms with Crippen LogP contribution in [0.5, 0.6) is 11.5 Å². The lowest BCUT2D eigenvalue weighted by Gasteiger charge is -2.22. The van der Waals surface area contributed by atoms with Gasteiger partial charge >= 0.3 is 12.4 Å². The summed E-state index contributed by atoms with van der Waals surface area (Å²) in [7, 11) is 0. The van der Waals surface area contributed by atoms with E-state index in [0.717, 1.165) is 17.8 Å². The van der Waals surface area contributed by atoms with Crippen LogP contribution in [0, 0.1) is 0 Å². The van der Waals surface area contributed by atoms with E-state index >= 15 is 0 Å². The molecule has 2 heterocycles. The fraction of sp³-hybridized carbons (Fsp3) is 0.292. The number of rotatable bonds is 8. The Morgan fingerprint density at radius 3 is 2.58 bits per heavy atom. The second-order valence-electron chi connectivity index (χ2n) is 8.29. The van der Waals surface area contributed by atoms with Crippen LogP contribution in [0.2, 0.25) is 5.02 Å². The highest BCUT2D eigenvalue weighted by atomic mass is 35.5. The van der Waals surface area contributed by atoms with Crippen molar-refractivity contribution >= 4 is 34.7 Å². The smallest absolute Gasteiger partial charge is 0.416 e. The van der Waals surface area contributed by atoms with Gasteiger partial charge in [-0.05, 0) is 36.4 Å². The maximum absolute atomic E-state index is 13.0. The molecule has 7 nitrogen and oxygen atoms in total. The van der Waals surface area contributed by atoms with Crippen LogP contribution in [0.4, 0.5) is 43.5 Å². The number of ether oxygens (including phenoxy) is 1. The summed E-state index contributed by atoms with van der Waals surface area (Å²) < 4.78 is 81.5. The van der Waals surface area contributed by atoms with E-state index in [1.54, 1.807) is 6.07 Å². The van der Waals surface area contributed by atoms with Gasteiger partial charge in [0, 0.05) is 31.7 Å². The first-order valence-corrected chi connectivity index (χ1v) is 11.6. The molecule has 0 atom stereocenters. The summed E-state index contributed by atoms with van der Waals surface area (Å²) in [4.78, 5) is 21.8. The van der Waals surface area contributed by atoms with E-state index in [0.29, 0.717) is 30.2 Å². The van der Waals surface area contributed by atoms with Gasteiger partial charge in [-0.25, -0.2) is 9.97 Å². The number of nitrogens with zero attached hydrogens (tertiary/aromatic N) is 3. The monoisotopic (exact) mass is 559 g/mol. The molecular formula is C24H20ClF6N5O2. The summed E-state index contributed by atoms with van der Waals surface area (Å²) in [6, 6.07) is 9.00. The van der Waals surface area contributed by atoms with Gasteiger partial charge in [0.25, 0.3) is 0 Å². The number of hydrogen-bond donors (Lipinski definition) is 2. The summed E-state index contributed by atoms with van der Waals surface area (Å²) in [5, 5.41) is 5.49. The maximum atomic E-state index is 13.0. The zero-order valence-corrected chi connectivity index (χ0v) is 20.2. The molecule has 0 fully saturated rings. The summed E-state index contributed by atoms with van der Waals surface area (Å²) >= 11 is 6.31. The third-order valence-electron chi connectivity index (χ3n) is 5.48. The summed E-state index contributed by atoms with van der Waals surface area (Å²) in [6.45, 7) is 0.766. The molecule has 1 aromatic heterocycles. The predicted octanol–water partition coefficient (Wildman–Crippen LogP) is 6.12. The molecule has 1 aliphatic rings. The molecule has 14 heteroatoms. The number of nitrogens with one attached hydrogen (secondary N) is 2. The fourth-order valence-corrected chi connectivity index (χ4v) is 4.05. The van der Waals surface area contributed by atoms with Gasteiger partial charge in [0.05, 0.1) is 16.3 Å². The Morgan fingerprint density at radius 2 is 1.87 bits per heavy atom. The number of hydrogen-bond acceptors (Lipinski definition) is 6. The van der Waals surface area contributed by atoms with Crippen molar-refractivity contribution in [3.63, 3.8) is 0 Å². The molecule has 0 unspecified atom stereocenters. The van der Waals surface area contributed by atoms with Gasteiger partial charge in [-0.3, -0.25) is 4.79 Å². The minimum Gasteiger partial charge on any atom is -0.456 e. The van der Waals surface area contributed by atoms with Crippen LogP contribution < -0.4 is 20.3 Å². The Balaban J connectivity index is 1.44. The van der Waals surface area contributed by atoms with Gasteiger partial charge in [0.2, 0.25) is 5.91 Å². The molecule has 0 spiro atoms. The highest BCUT2D eigenvalue weighted by Crippen LogP contribution is 2.38. The molecule has 0 saturated carbocycles. The fourth-order valence-electron chi connectivity index (χ4n) is 3.83. The quantitative estimate of drug-likeness (QED) is 0.324. The number of carbonyl (C=O) groups excluding carboxylic acids is 1. The number of alkyl halides is 6. The number of fused-ring (bicyclic) bond motifs is 1. The molecule has 2 N–H and O–H groups in total. The molecule has 3 aromatic rings. The van der Waals surface area contributed by atoms with Crippen molar-refractivity contribution in [1.29, 1.82) is 0 Å². The molecule has 1 aliphatic heterocycles. The third kappa shape index (κ3) is 6.97.